The average Bonchev–Trinajstić information content (AvgIpc) is 3.12. The Balaban J connectivity index is 1.83. The van der Waals surface area contributed by atoms with Crippen molar-refractivity contribution in [3.63, 3.8) is 0 Å². The maximum Gasteiger partial charge on any atom is 0.416 e. The molecule has 0 unspecified atom stereocenters. The van der Waals surface area contributed by atoms with Gasteiger partial charge in [0.2, 0.25) is 0 Å². The van der Waals surface area contributed by atoms with Crippen LogP contribution in [0.1, 0.15) is 27.9 Å². The molecule has 2 aromatic carbocycles. The van der Waals surface area contributed by atoms with Crippen molar-refractivity contribution in [1.29, 1.82) is 0 Å². The van der Waals surface area contributed by atoms with E-state index >= 15 is 0 Å². The van der Waals surface area contributed by atoms with E-state index in [2.05, 4.69) is 16.0 Å². The lowest BCUT2D eigenvalue weighted by Gasteiger charge is -2.12. The van der Waals surface area contributed by atoms with Crippen molar-refractivity contribution in [2.45, 2.75) is 12.6 Å². The molecule has 7 nitrogen and oxygen atoms in total. The summed E-state index contributed by atoms with van der Waals surface area (Å²) in [6, 6.07) is 9.23. The number of hydrogen-bond acceptors (Lipinski definition) is 5. The number of primary amides is 1. The summed E-state index contributed by atoms with van der Waals surface area (Å²) < 4.78 is 39.3. The molecule has 2 aromatic rings. The smallest absolute Gasteiger partial charge is 0.365 e. The number of carbonyl (C=O) groups is 2. The first-order valence-corrected chi connectivity index (χ1v) is 9.89. The molecule has 1 aliphatic rings. The van der Waals surface area contributed by atoms with Crippen molar-refractivity contribution in [2.75, 3.05) is 37.8 Å². The number of nitrogens with zero attached hydrogens (tertiary/aromatic N) is 1. The fourth-order valence-corrected chi connectivity index (χ4v) is 3.28. The van der Waals surface area contributed by atoms with Gasteiger partial charge in [-0.25, -0.2) is 0 Å². The molecule has 0 radical (unpaired) electrons. The molecule has 10 heteroatoms. The number of carbonyl (C=O) groups excluding carboxylic acids is 2. The number of nitrogens with two attached hydrogens (primary N) is 1. The summed E-state index contributed by atoms with van der Waals surface area (Å²) in [6.45, 7) is 1.36. The number of hydrogen-bond donors (Lipinski definition) is 4. The van der Waals surface area contributed by atoms with Crippen molar-refractivity contribution in [3.8, 4) is 0 Å². The second-order valence-electron chi connectivity index (χ2n) is 7.62. The molecule has 0 saturated heterocycles. The summed E-state index contributed by atoms with van der Waals surface area (Å²) >= 11 is 0. The van der Waals surface area contributed by atoms with Crippen LogP contribution in [0.2, 0.25) is 0 Å². The Morgan fingerprint density at radius 3 is 2.41 bits per heavy atom. The Kier molecular flexibility index (Phi) is 6.73. The van der Waals surface area contributed by atoms with Gasteiger partial charge in [0, 0.05) is 12.1 Å². The van der Waals surface area contributed by atoms with Crippen molar-refractivity contribution in [2.24, 2.45) is 5.73 Å². The lowest BCUT2D eigenvalue weighted by Crippen LogP contribution is -2.27. The van der Waals surface area contributed by atoms with E-state index in [1.165, 1.54) is 12.1 Å². The molecule has 0 aliphatic carbocycles. The van der Waals surface area contributed by atoms with E-state index in [0.29, 0.717) is 23.5 Å². The summed E-state index contributed by atoms with van der Waals surface area (Å²) in [6.07, 6.45) is -3.76. The largest absolute Gasteiger partial charge is 0.416 e. The van der Waals surface area contributed by atoms with Crippen molar-refractivity contribution in [1.82, 2.24) is 10.2 Å². The monoisotopic (exact) mass is 447 g/mol. The third-order valence-electron chi connectivity index (χ3n) is 4.84. The minimum Gasteiger partial charge on any atom is -0.365 e. The van der Waals surface area contributed by atoms with Gasteiger partial charge < -0.3 is 26.6 Å². The van der Waals surface area contributed by atoms with Gasteiger partial charge in [-0.2, -0.15) is 13.2 Å². The van der Waals surface area contributed by atoms with Crippen LogP contribution in [0.25, 0.3) is 5.57 Å². The highest BCUT2D eigenvalue weighted by molar-refractivity contribution is 6.21. The SMILES string of the molecule is CN(C)CCCNC(=O)c1ccc2c(c1)N/C(=C(/C(N)=O)c1cccc(C(F)(F)F)c1)N2. The summed E-state index contributed by atoms with van der Waals surface area (Å²) in [4.78, 5) is 26.5. The Labute approximate surface area is 183 Å². The summed E-state index contributed by atoms with van der Waals surface area (Å²) in [5.74, 6) is -1.000. The predicted octanol–water partition coefficient (Wildman–Crippen LogP) is 3.08. The highest BCUT2D eigenvalue weighted by atomic mass is 19.4. The Hall–Kier alpha value is -3.53. The number of anilines is 2. The average molecular weight is 447 g/mol. The van der Waals surface area contributed by atoms with E-state index in [9.17, 15) is 22.8 Å². The van der Waals surface area contributed by atoms with Gasteiger partial charge in [0.15, 0.2) is 0 Å². The molecule has 0 aromatic heterocycles. The van der Waals surface area contributed by atoms with Crippen molar-refractivity contribution >= 4 is 28.8 Å². The number of fused-ring (bicyclic) bond motifs is 1. The van der Waals surface area contributed by atoms with Crippen LogP contribution in [-0.2, 0) is 11.0 Å². The van der Waals surface area contributed by atoms with Crippen molar-refractivity contribution < 1.29 is 22.8 Å². The molecule has 5 N–H and O–H groups in total. The van der Waals surface area contributed by atoms with Crippen LogP contribution < -0.4 is 21.7 Å². The molecule has 2 amide bonds. The molecule has 1 aliphatic heterocycles. The first-order chi connectivity index (χ1) is 15.1. The molecular formula is C22H24F3N5O2. The number of rotatable bonds is 7. The normalized spacial score (nSPS) is 14.4. The number of benzene rings is 2. The van der Waals surface area contributed by atoms with Gasteiger partial charge in [-0.3, -0.25) is 9.59 Å². The topological polar surface area (TPSA) is 99.5 Å². The lowest BCUT2D eigenvalue weighted by atomic mass is 10.0. The molecule has 1 heterocycles. The molecule has 0 bridgehead atoms. The van der Waals surface area contributed by atoms with Crippen LogP contribution in [0.15, 0.2) is 48.3 Å². The van der Waals surface area contributed by atoms with E-state index in [4.69, 9.17) is 5.73 Å². The molecule has 0 fully saturated rings. The van der Waals surface area contributed by atoms with E-state index in [1.54, 1.807) is 18.2 Å². The summed E-state index contributed by atoms with van der Waals surface area (Å²) in [5.41, 5.74) is 5.97. The first-order valence-electron chi connectivity index (χ1n) is 9.89. The van der Waals surface area contributed by atoms with Crippen LogP contribution in [0.4, 0.5) is 24.5 Å². The molecule has 170 valence electrons. The van der Waals surface area contributed by atoms with E-state index in [1.807, 2.05) is 19.0 Å². The predicted molar refractivity (Wildman–Crippen MR) is 117 cm³/mol. The van der Waals surface area contributed by atoms with E-state index < -0.39 is 17.6 Å². The fraction of sp³-hybridized carbons (Fsp3) is 0.273. The first kappa shape index (κ1) is 23.1. The van der Waals surface area contributed by atoms with Gasteiger partial charge >= 0.3 is 6.18 Å². The van der Waals surface area contributed by atoms with Crippen LogP contribution in [0.5, 0.6) is 0 Å². The minimum atomic E-state index is -4.56. The van der Waals surface area contributed by atoms with Gasteiger partial charge in [-0.15, -0.1) is 0 Å². The van der Waals surface area contributed by atoms with Crippen LogP contribution >= 0.6 is 0 Å². The van der Waals surface area contributed by atoms with Crippen LogP contribution in [-0.4, -0.2) is 43.9 Å². The quantitative estimate of drug-likeness (QED) is 0.386. The minimum absolute atomic E-state index is 0.0222. The third-order valence-corrected chi connectivity index (χ3v) is 4.84. The van der Waals surface area contributed by atoms with E-state index in [0.717, 1.165) is 25.1 Å². The second-order valence-corrected chi connectivity index (χ2v) is 7.62. The van der Waals surface area contributed by atoms with E-state index in [-0.39, 0.29) is 22.9 Å². The molecule has 0 atom stereocenters. The maximum atomic E-state index is 13.1. The van der Waals surface area contributed by atoms with Gasteiger partial charge in [-0.05, 0) is 63.0 Å². The highest BCUT2D eigenvalue weighted by Crippen LogP contribution is 2.36. The summed E-state index contributed by atoms with van der Waals surface area (Å²) in [5, 5.41) is 8.74. The molecule has 3 rings (SSSR count). The maximum absolute atomic E-state index is 13.1. The zero-order valence-electron chi connectivity index (χ0n) is 17.6. The Morgan fingerprint density at radius 1 is 1.03 bits per heavy atom. The standard InChI is InChI=1S/C22H24F3N5O2/c1-30(2)10-4-9-27-21(32)14-7-8-16-17(12-14)29-20(28-16)18(19(26)31)13-5-3-6-15(11-13)22(23,24)25/h3,5-8,11-12,28-29H,4,9-10H2,1-2H3,(H2,26,31)(H,27,32)/b20-18+. The fourth-order valence-electron chi connectivity index (χ4n) is 3.28. The number of amides is 2. The Morgan fingerprint density at radius 2 is 1.75 bits per heavy atom. The van der Waals surface area contributed by atoms with Gasteiger partial charge in [0.25, 0.3) is 11.8 Å². The van der Waals surface area contributed by atoms with Crippen molar-refractivity contribution in [3.05, 3.63) is 65.0 Å². The second kappa shape index (κ2) is 9.31. The number of halogens is 3. The number of nitrogens with one attached hydrogen (secondary N) is 3. The van der Waals surface area contributed by atoms with Gasteiger partial charge in [0.05, 0.1) is 22.5 Å². The van der Waals surface area contributed by atoms with Gasteiger partial charge in [0.1, 0.15) is 5.82 Å². The molecular weight excluding hydrogens is 423 g/mol. The third kappa shape index (κ3) is 5.38. The molecule has 0 saturated carbocycles. The summed E-state index contributed by atoms with van der Waals surface area (Å²) in [7, 11) is 3.90. The molecule has 32 heavy (non-hydrogen) atoms. The number of alkyl halides is 3. The lowest BCUT2D eigenvalue weighted by molar-refractivity contribution is -0.137. The van der Waals surface area contributed by atoms with Crippen LogP contribution in [0.3, 0.4) is 0 Å². The Bertz CT molecular complexity index is 1060. The van der Waals surface area contributed by atoms with Gasteiger partial charge in [-0.1, -0.05) is 12.1 Å². The zero-order valence-corrected chi connectivity index (χ0v) is 17.6. The zero-order chi connectivity index (χ0) is 23.5. The highest BCUT2D eigenvalue weighted by Gasteiger charge is 2.31. The molecule has 0 spiro atoms. The van der Waals surface area contributed by atoms with Crippen LogP contribution in [0, 0.1) is 0 Å².